The Morgan fingerprint density at radius 2 is 2.45 bits per heavy atom. The molecule has 1 aromatic heterocycles. The van der Waals surface area contributed by atoms with Gasteiger partial charge in [-0.25, -0.2) is 0 Å². The highest BCUT2D eigenvalue weighted by Crippen LogP contribution is 2.22. The zero-order valence-corrected chi connectivity index (χ0v) is 12.6. The van der Waals surface area contributed by atoms with E-state index in [0.29, 0.717) is 39.2 Å². The Hall–Kier alpha value is -0.950. The monoisotopic (exact) mass is 298 g/mol. The first-order valence-electron chi connectivity index (χ1n) is 6.89. The average Bonchev–Trinajstić information content (AvgIpc) is 2.94. The molecule has 6 heteroatoms. The van der Waals surface area contributed by atoms with Gasteiger partial charge < -0.3 is 20.1 Å². The SMILES string of the molecule is COCCN1CCCC(O)(CNCc2cccs2)C1=O. The van der Waals surface area contributed by atoms with Crippen LogP contribution in [-0.4, -0.2) is 54.9 Å². The van der Waals surface area contributed by atoms with E-state index in [1.165, 1.54) is 4.88 Å². The van der Waals surface area contributed by atoms with Crippen molar-refractivity contribution in [1.29, 1.82) is 0 Å². The van der Waals surface area contributed by atoms with Crippen LogP contribution in [0.4, 0.5) is 0 Å². The Balaban J connectivity index is 1.85. The van der Waals surface area contributed by atoms with Crippen molar-refractivity contribution >= 4 is 17.2 Å². The predicted molar refractivity (Wildman–Crippen MR) is 78.7 cm³/mol. The van der Waals surface area contributed by atoms with Crippen LogP contribution in [0, 0.1) is 0 Å². The van der Waals surface area contributed by atoms with Crippen molar-refractivity contribution in [3.05, 3.63) is 22.4 Å². The molecule has 20 heavy (non-hydrogen) atoms. The van der Waals surface area contributed by atoms with E-state index >= 15 is 0 Å². The number of likely N-dealkylation sites (tertiary alicyclic amines) is 1. The Kier molecular flexibility index (Phi) is 5.54. The highest BCUT2D eigenvalue weighted by molar-refractivity contribution is 7.09. The molecule has 2 N–H and O–H groups in total. The van der Waals surface area contributed by atoms with Crippen LogP contribution in [0.5, 0.6) is 0 Å². The van der Waals surface area contributed by atoms with Gasteiger partial charge in [0.25, 0.3) is 5.91 Å². The zero-order chi connectivity index (χ0) is 14.4. The number of thiophene rings is 1. The van der Waals surface area contributed by atoms with Gasteiger partial charge in [-0.3, -0.25) is 4.79 Å². The molecule has 1 atom stereocenters. The Morgan fingerprint density at radius 1 is 1.60 bits per heavy atom. The van der Waals surface area contributed by atoms with Gasteiger partial charge in [0.1, 0.15) is 0 Å². The molecule has 5 nitrogen and oxygen atoms in total. The number of carbonyl (C=O) groups is 1. The number of hydrogen-bond acceptors (Lipinski definition) is 5. The van der Waals surface area contributed by atoms with E-state index in [9.17, 15) is 9.90 Å². The van der Waals surface area contributed by atoms with Gasteiger partial charge in [0.05, 0.1) is 6.61 Å². The van der Waals surface area contributed by atoms with Crippen molar-refractivity contribution in [2.24, 2.45) is 0 Å². The number of hydrogen-bond donors (Lipinski definition) is 2. The van der Waals surface area contributed by atoms with E-state index in [1.807, 2.05) is 17.5 Å². The van der Waals surface area contributed by atoms with Crippen LogP contribution < -0.4 is 5.32 Å². The molecule has 1 unspecified atom stereocenters. The van der Waals surface area contributed by atoms with Gasteiger partial charge in [0, 0.05) is 38.2 Å². The zero-order valence-electron chi connectivity index (χ0n) is 11.8. The maximum Gasteiger partial charge on any atom is 0.255 e. The summed E-state index contributed by atoms with van der Waals surface area (Å²) >= 11 is 1.66. The molecule has 0 radical (unpaired) electrons. The molecule has 1 saturated heterocycles. The molecule has 112 valence electrons. The topological polar surface area (TPSA) is 61.8 Å². The number of nitrogens with one attached hydrogen (secondary N) is 1. The number of amides is 1. The Morgan fingerprint density at radius 3 is 3.15 bits per heavy atom. The molecule has 1 aromatic rings. The van der Waals surface area contributed by atoms with Crippen molar-refractivity contribution in [3.8, 4) is 0 Å². The van der Waals surface area contributed by atoms with Crippen LogP contribution in [0.15, 0.2) is 17.5 Å². The molecule has 1 amide bonds. The number of ether oxygens (including phenoxy) is 1. The minimum atomic E-state index is -1.27. The second kappa shape index (κ2) is 7.17. The summed E-state index contributed by atoms with van der Waals surface area (Å²) in [6, 6.07) is 4.03. The largest absolute Gasteiger partial charge is 0.383 e. The quantitative estimate of drug-likeness (QED) is 0.783. The predicted octanol–water partition coefficient (Wildman–Crippen LogP) is 0.838. The van der Waals surface area contributed by atoms with Gasteiger partial charge in [0.15, 0.2) is 5.60 Å². The van der Waals surface area contributed by atoms with Crippen molar-refractivity contribution in [2.75, 3.05) is 33.4 Å². The molecular weight excluding hydrogens is 276 g/mol. The molecule has 0 aliphatic carbocycles. The van der Waals surface area contributed by atoms with Crippen LogP contribution in [0.25, 0.3) is 0 Å². The Labute approximate surface area is 123 Å². The minimum absolute atomic E-state index is 0.181. The lowest BCUT2D eigenvalue weighted by Crippen LogP contribution is -2.58. The standard InChI is InChI=1S/C14H22N2O3S/c1-19-8-7-16-6-3-5-14(18,13(16)17)11-15-10-12-4-2-9-20-12/h2,4,9,15,18H,3,5-8,10-11H2,1H3. The molecular formula is C14H22N2O3S. The lowest BCUT2D eigenvalue weighted by Gasteiger charge is -2.38. The summed E-state index contributed by atoms with van der Waals surface area (Å²) in [5, 5.41) is 15.8. The van der Waals surface area contributed by atoms with Gasteiger partial charge in [-0.15, -0.1) is 11.3 Å². The third-order valence-electron chi connectivity index (χ3n) is 3.57. The summed E-state index contributed by atoms with van der Waals surface area (Å²) in [4.78, 5) is 15.2. The van der Waals surface area contributed by atoms with Crippen LogP contribution in [0.2, 0.25) is 0 Å². The van der Waals surface area contributed by atoms with E-state index in [-0.39, 0.29) is 5.91 Å². The first-order chi connectivity index (χ1) is 9.65. The molecule has 2 heterocycles. The molecule has 0 saturated carbocycles. The van der Waals surface area contributed by atoms with Crippen LogP contribution in [0.3, 0.4) is 0 Å². The third-order valence-corrected chi connectivity index (χ3v) is 4.44. The summed E-state index contributed by atoms with van der Waals surface area (Å²) in [6.45, 7) is 2.74. The molecule has 1 aliphatic rings. The first kappa shape index (κ1) is 15.4. The number of piperidine rings is 1. The lowest BCUT2D eigenvalue weighted by molar-refractivity contribution is -0.157. The summed E-state index contributed by atoms with van der Waals surface area (Å²) in [6.07, 6.45) is 1.35. The first-order valence-corrected chi connectivity index (χ1v) is 7.77. The molecule has 1 fully saturated rings. The van der Waals surface area contributed by atoms with Gasteiger partial charge in [-0.2, -0.15) is 0 Å². The molecule has 2 rings (SSSR count). The fraction of sp³-hybridized carbons (Fsp3) is 0.643. The van der Waals surface area contributed by atoms with Crippen LogP contribution in [-0.2, 0) is 16.1 Å². The van der Waals surface area contributed by atoms with E-state index < -0.39 is 5.60 Å². The van der Waals surface area contributed by atoms with Gasteiger partial charge in [0.2, 0.25) is 0 Å². The number of aliphatic hydroxyl groups is 1. The van der Waals surface area contributed by atoms with Crippen molar-refractivity contribution in [3.63, 3.8) is 0 Å². The van der Waals surface area contributed by atoms with Gasteiger partial charge in [-0.05, 0) is 24.3 Å². The van der Waals surface area contributed by atoms with Gasteiger partial charge in [-0.1, -0.05) is 6.07 Å². The van der Waals surface area contributed by atoms with Crippen LogP contribution in [0.1, 0.15) is 17.7 Å². The fourth-order valence-electron chi connectivity index (χ4n) is 2.45. The van der Waals surface area contributed by atoms with Crippen molar-refractivity contribution < 1.29 is 14.6 Å². The van der Waals surface area contributed by atoms with Crippen molar-refractivity contribution in [2.45, 2.75) is 25.0 Å². The summed E-state index contributed by atoms with van der Waals surface area (Å²) < 4.78 is 5.00. The third kappa shape index (κ3) is 3.79. The molecule has 0 spiro atoms. The molecule has 0 aromatic carbocycles. The van der Waals surface area contributed by atoms with E-state index in [2.05, 4.69) is 5.32 Å². The van der Waals surface area contributed by atoms with E-state index in [1.54, 1.807) is 23.3 Å². The Bertz CT molecular complexity index is 424. The number of nitrogens with zero attached hydrogens (tertiary/aromatic N) is 1. The molecule has 0 bridgehead atoms. The van der Waals surface area contributed by atoms with Crippen molar-refractivity contribution in [1.82, 2.24) is 10.2 Å². The fourth-order valence-corrected chi connectivity index (χ4v) is 3.12. The summed E-state index contributed by atoms with van der Waals surface area (Å²) in [5.41, 5.74) is -1.27. The lowest BCUT2D eigenvalue weighted by atomic mass is 9.91. The maximum absolute atomic E-state index is 12.3. The smallest absolute Gasteiger partial charge is 0.255 e. The van der Waals surface area contributed by atoms with E-state index in [0.717, 1.165) is 6.42 Å². The second-order valence-corrected chi connectivity index (χ2v) is 6.14. The van der Waals surface area contributed by atoms with E-state index in [4.69, 9.17) is 4.74 Å². The number of carbonyl (C=O) groups excluding carboxylic acids is 1. The minimum Gasteiger partial charge on any atom is -0.383 e. The number of methoxy groups -OCH3 is 1. The highest BCUT2D eigenvalue weighted by atomic mass is 32.1. The number of rotatable bonds is 7. The van der Waals surface area contributed by atoms with Gasteiger partial charge >= 0.3 is 0 Å². The molecule has 1 aliphatic heterocycles. The normalized spacial score (nSPS) is 23.3. The highest BCUT2D eigenvalue weighted by Gasteiger charge is 2.41. The summed E-state index contributed by atoms with van der Waals surface area (Å²) in [7, 11) is 1.61. The van der Waals surface area contributed by atoms with Crippen LogP contribution >= 0.6 is 11.3 Å². The summed E-state index contributed by atoms with van der Waals surface area (Å²) in [5.74, 6) is -0.181. The maximum atomic E-state index is 12.3. The second-order valence-electron chi connectivity index (χ2n) is 5.10. The average molecular weight is 298 g/mol.